The molecular weight excluding hydrogens is 318 g/mol. The van der Waals surface area contributed by atoms with E-state index in [4.69, 9.17) is 9.52 Å². The van der Waals surface area contributed by atoms with Crippen LogP contribution in [0.25, 0.3) is 0 Å². The largest absolute Gasteiger partial charge is 0.465 e. The molecule has 1 atom stereocenters. The molecule has 3 rings (SSSR count). The van der Waals surface area contributed by atoms with Crippen LogP contribution in [0.2, 0.25) is 0 Å². The maximum atomic E-state index is 12.6. The first kappa shape index (κ1) is 16.2. The van der Waals surface area contributed by atoms with Crippen LogP contribution in [0.15, 0.2) is 21.6 Å². The standard InChI is InChI=1S/C15H21N3O4S/c1-10-8-15(11(2)22-10)23(20,21)17-13-4-3-5-14-12(13)9-16-18(14)6-7-19/h8-9,13,17,19H,3-7H2,1-2H3. The van der Waals surface area contributed by atoms with Gasteiger partial charge >= 0.3 is 0 Å². The van der Waals surface area contributed by atoms with Crippen molar-refractivity contribution in [3.8, 4) is 0 Å². The van der Waals surface area contributed by atoms with E-state index in [-0.39, 0.29) is 17.5 Å². The Hall–Kier alpha value is -1.64. The number of hydrogen-bond acceptors (Lipinski definition) is 5. The monoisotopic (exact) mass is 339 g/mol. The summed E-state index contributed by atoms with van der Waals surface area (Å²) in [6, 6.07) is 1.24. The molecular formula is C15H21N3O4S. The van der Waals surface area contributed by atoms with Crippen LogP contribution in [0, 0.1) is 13.8 Å². The molecule has 8 heteroatoms. The van der Waals surface area contributed by atoms with Crippen LogP contribution >= 0.6 is 0 Å². The lowest BCUT2D eigenvalue weighted by Gasteiger charge is -2.24. The summed E-state index contributed by atoms with van der Waals surface area (Å²) in [5.74, 6) is 0.963. The third-order valence-corrected chi connectivity index (χ3v) is 5.74. The Bertz CT molecular complexity index is 807. The average molecular weight is 339 g/mol. The minimum Gasteiger partial charge on any atom is -0.465 e. The summed E-state index contributed by atoms with van der Waals surface area (Å²) in [7, 11) is -3.65. The van der Waals surface area contributed by atoms with Crippen molar-refractivity contribution in [2.24, 2.45) is 0 Å². The highest BCUT2D eigenvalue weighted by atomic mass is 32.2. The Morgan fingerprint density at radius 3 is 2.91 bits per heavy atom. The summed E-state index contributed by atoms with van der Waals surface area (Å²) in [4.78, 5) is 0.185. The molecule has 1 unspecified atom stereocenters. The van der Waals surface area contributed by atoms with Gasteiger partial charge in [-0.05, 0) is 39.2 Å². The van der Waals surface area contributed by atoms with Crippen LogP contribution in [0.5, 0.6) is 0 Å². The molecule has 0 aromatic carbocycles. The molecule has 0 amide bonds. The molecule has 2 N–H and O–H groups in total. The zero-order chi connectivity index (χ0) is 16.6. The van der Waals surface area contributed by atoms with Crippen molar-refractivity contribution < 1.29 is 17.9 Å². The first-order valence-electron chi connectivity index (χ1n) is 7.67. The van der Waals surface area contributed by atoms with Gasteiger partial charge in [-0.15, -0.1) is 0 Å². The lowest BCUT2D eigenvalue weighted by atomic mass is 9.94. The SMILES string of the molecule is Cc1cc(S(=O)(=O)NC2CCCc3c2cnn3CCO)c(C)o1. The van der Waals surface area contributed by atoms with Crippen molar-refractivity contribution in [1.29, 1.82) is 0 Å². The van der Waals surface area contributed by atoms with Crippen molar-refractivity contribution in [3.63, 3.8) is 0 Å². The molecule has 1 aliphatic carbocycles. The normalized spacial score (nSPS) is 18.1. The third-order valence-electron chi connectivity index (χ3n) is 4.16. The van der Waals surface area contributed by atoms with E-state index in [1.165, 1.54) is 6.07 Å². The highest BCUT2D eigenvalue weighted by Gasteiger charge is 2.30. The fourth-order valence-electron chi connectivity index (χ4n) is 3.15. The number of nitrogens with zero attached hydrogens (tertiary/aromatic N) is 2. The first-order valence-corrected chi connectivity index (χ1v) is 9.15. The molecule has 2 heterocycles. The molecule has 1 aliphatic rings. The number of sulfonamides is 1. The first-order chi connectivity index (χ1) is 10.9. The summed E-state index contributed by atoms with van der Waals surface area (Å²) in [6.07, 6.45) is 4.15. The van der Waals surface area contributed by atoms with E-state index in [9.17, 15) is 8.42 Å². The minimum absolute atomic E-state index is 0.0119. The number of aliphatic hydroxyl groups is 1. The summed E-state index contributed by atoms with van der Waals surface area (Å²) in [5.41, 5.74) is 1.89. The Labute approximate surface area is 135 Å². The molecule has 7 nitrogen and oxygen atoms in total. The molecule has 0 aliphatic heterocycles. The molecule has 0 fully saturated rings. The van der Waals surface area contributed by atoms with Gasteiger partial charge in [-0.2, -0.15) is 5.10 Å². The highest BCUT2D eigenvalue weighted by Crippen LogP contribution is 2.31. The summed E-state index contributed by atoms with van der Waals surface area (Å²) in [6.45, 7) is 3.81. The van der Waals surface area contributed by atoms with E-state index in [2.05, 4.69) is 9.82 Å². The second-order valence-electron chi connectivity index (χ2n) is 5.84. The van der Waals surface area contributed by atoms with Gasteiger partial charge in [-0.25, -0.2) is 13.1 Å². The zero-order valence-corrected chi connectivity index (χ0v) is 14.1. The third kappa shape index (κ3) is 3.06. The van der Waals surface area contributed by atoms with Gasteiger partial charge in [0.15, 0.2) is 0 Å². The summed E-state index contributed by atoms with van der Waals surface area (Å²) >= 11 is 0. The second-order valence-corrected chi connectivity index (χ2v) is 7.52. The van der Waals surface area contributed by atoms with E-state index in [0.29, 0.717) is 18.1 Å². The summed E-state index contributed by atoms with van der Waals surface area (Å²) < 4.78 is 35.1. The van der Waals surface area contributed by atoms with Crippen LogP contribution in [0.3, 0.4) is 0 Å². The van der Waals surface area contributed by atoms with E-state index >= 15 is 0 Å². The number of aryl methyl sites for hydroxylation is 2. The number of aliphatic hydroxyl groups excluding tert-OH is 1. The Kier molecular flexibility index (Phi) is 4.31. The highest BCUT2D eigenvalue weighted by molar-refractivity contribution is 7.89. The fourth-order valence-corrected chi connectivity index (χ4v) is 4.64. The van der Waals surface area contributed by atoms with Gasteiger partial charge in [-0.3, -0.25) is 4.68 Å². The van der Waals surface area contributed by atoms with Crippen molar-refractivity contribution >= 4 is 10.0 Å². The second kappa shape index (κ2) is 6.10. The van der Waals surface area contributed by atoms with Gasteiger partial charge in [-0.1, -0.05) is 0 Å². The summed E-state index contributed by atoms with van der Waals surface area (Å²) in [5, 5.41) is 13.4. The lowest BCUT2D eigenvalue weighted by Crippen LogP contribution is -2.31. The van der Waals surface area contributed by atoms with Gasteiger partial charge in [0.25, 0.3) is 0 Å². The zero-order valence-electron chi connectivity index (χ0n) is 13.2. The van der Waals surface area contributed by atoms with Crippen molar-refractivity contribution in [2.45, 2.75) is 50.6 Å². The van der Waals surface area contributed by atoms with E-state index in [1.807, 2.05) is 0 Å². The average Bonchev–Trinajstić information content (AvgIpc) is 3.04. The predicted octanol–water partition coefficient (Wildman–Crippen LogP) is 1.44. The minimum atomic E-state index is -3.65. The Morgan fingerprint density at radius 1 is 1.48 bits per heavy atom. The Morgan fingerprint density at radius 2 is 2.26 bits per heavy atom. The molecule has 2 aromatic heterocycles. The van der Waals surface area contributed by atoms with Crippen LogP contribution in [-0.2, 0) is 23.0 Å². The van der Waals surface area contributed by atoms with Crippen molar-refractivity contribution in [2.75, 3.05) is 6.61 Å². The smallest absolute Gasteiger partial charge is 0.244 e. The van der Waals surface area contributed by atoms with Crippen LogP contribution in [0.1, 0.15) is 41.7 Å². The molecule has 0 spiro atoms. The van der Waals surface area contributed by atoms with Crippen LogP contribution in [-0.4, -0.2) is 29.9 Å². The van der Waals surface area contributed by atoms with Crippen LogP contribution in [0.4, 0.5) is 0 Å². The maximum absolute atomic E-state index is 12.6. The molecule has 2 aromatic rings. The van der Waals surface area contributed by atoms with Crippen LogP contribution < -0.4 is 4.72 Å². The number of fused-ring (bicyclic) bond motifs is 1. The number of nitrogens with one attached hydrogen (secondary N) is 1. The van der Waals surface area contributed by atoms with Gasteiger partial charge < -0.3 is 9.52 Å². The predicted molar refractivity (Wildman–Crippen MR) is 83.5 cm³/mol. The van der Waals surface area contributed by atoms with Crippen molar-refractivity contribution in [3.05, 3.63) is 35.0 Å². The van der Waals surface area contributed by atoms with Gasteiger partial charge in [0.2, 0.25) is 10.0 Å². The lowest BCUT2D eigenvalue weighted by molar-refractivity contribution is 0.266. The van der Waals surface area contributed by atoms with E-state index in [0.717, 1.165) is 30.5 Å². The Balaban J connectivity index is 1.89. The quantitative estimate of drug-likeness (QED) is 0.859. The number of hydrogen-bond donors (Lipinski definition) is 2. The molecule has 23 heavy (non-hydrogen) atoms. The topological polar surface area (TPSA) is 97.4 Å². The van der Waals surface area contributed by atoms with Gasteiger partial charge in [0.1, 0.15) is 16.4 Å². The van der Waals surface area contributed by atoms with Crippen molar-refractivity contribution in [1.82, 2.24) is 14.5 Å². The fraction of sp³-hybridized carbons (Fsp3) is 0.533. The molecule has 0 bridgehead atoms. The molecule has 0 radical (unpaired) electrons. The molecule has 0 saturated heterocycles. The van der Waals surface area contributed by atoms with Gasteiger partial charge in [0.05, 0.1) is 25.4 Å². The maximum Gasteiger partial charge on any atom is 0.244 e. The number of aromatic nitrogens is 2. The van der Waals surface area contributed by atoms with E-state index < -0.39 is 10.0 Å². The number of rotatable bonds is 5. The molecule has 126 valence electrons. The van der Waals surface area contributed by atoms with E-state index in [1.54, 1.807) is 24.7 Å². The number of furan rings is 1. The van der Waals surface area contributed by atoms with Gasteiger partial charge in [0, 0.05) is 11.3 Å². The molecule has 0 saturated carbocycles.